The highest BCUT2D eigenvalue weighted by Crippen LogP contribution is 2.23. The average Bonchev–Trinajstić information content (AvgIpc) is 2.34. The van der Waals surface area contributed by atoms with Gasteiger partial charge in [0.25, 0.3) is 0 Å². The third kappa shape index (κ3) is 5.33. The smallest absolute Gasteiger partial charge is 0.0720 e. The average molecular weight is 261 g/mol. The molecule has 1 aromatic carbocycles. The molecule has 2 nitrogen and oxygen atoms in total. The number of benzene rings is 1. The maximum atomic E-state index is 5.82. The Hall–Kier alpha value is -0.860. The van der Waals surface area contributed by atoms with Gasteiger partial charge in [-0.2, -0.15) is 0 Å². The number of hydrogen-bond donors (Lipinski definition) is 1. The minimum absolute atomic E-state index is 0.528. The second kappa shape index (κ2) is 7.66. The first-order chi connectivity index (χ1) is 9.24. The van der Waals surface area contributed by atoms with Gasteiger partial charge in [-0.25, -0.2) is 0 Å². The zero-order chi connectivity index (χ0) is 13.5. The fraction of sp³-hybridized carbons (Fsp3) is 0.647. The van der Waals surface area contributed by atoms with E-state index in [0.29, 0.717) is 6.10 Å². The molecule has 0 bridgehead atoms. The van der Waals surface area contributed by atoms with Crippen molar-refractivity contribution < 1.29 is 4.74 Å². The highest BCUT2D eigenvalue weighted by molar-refractivity contribution is 5.22. The molecule has 0 unspecified atom stereocenters. The predicted octanol–water partition coefficient (Wildman–Crippen LogP) is 3.54. The second-order valence-electron chi connectivity index (χ2n) is 6.03. The van der Waals surface area contributed by atoms with Crippen LogP contribution in [0.25, 0.3) is 0 Å². The molecular weight excluding hydrogens is 234 g/mol. The first-order valence-corrected chi connectivity index (χ1v) is 7.64. The minimum atomic E-state index is 0.528. The van der Waals surface area contributed by atoms with Crippen LogP contribution in [0.1, 0.15) is 44.2 Å². The normalized spacial score (nSPS) is 15.7. The molecule has 0 saturated heterocycles. The lowest BCUT2D eigenvalue weighted by molar-refractivity contribution is -0.00866. The Morgan fingerprint density at radius 2 is 1.84 bits per heavy atom. The van der Waals surface area contributed by atoms with Crippen LogP contribution in [0.15, 0.2) is 24.3 Å². The summed E-state index contributed by atoms with van der Waals surface area (Å²) in [6, 6.07) is 8.87. The lowest BCUT2D eigenvalue weighted by atomic mass is 9.96. The third-order valence-electron chi connectivity index (χ3n) is 3.70. The van der Waals surface area contributed by atoms with Crippen molar-refractivity contribution in [2.45, 2.75) is 52.2 Å². The molecule has 19 heavy (non-hydrogen) atoms. The molecule has 2 heteroatoms. The van der Waals surface area contributed by atoms with Crippen molar-refractivity contribution in [3.63, 3.8) is 0 Å². The summed E-state index contributed by atoms with van der Waals surface area (Å²) in [6.45, 7) is 7.42. The highest BCUT2D eigenvalue weighted by atomic mass is 16.5. The summed E-state index contributed by atoms with van der Waals surface area (Å²) in [4.78, 5) is 0. The van der Waals surface area contributed by atoms with E-state index >= 15 is 0 Å². The molecule has 0 spiro atoms. The van der Waals surface area contributed by atoms with E-state index in [-0.39, 0.29) is 0 Å². The molecule has 1 N–H and O–H groups in total. The number of nitrogens with one attached hydrogen (secondary N) is 1. The van der Waals surface area contributed by atoms with Crippen molar-refractivity contribution in [1.82, 2.24) is 5.32 Å². The van der Waals surface area contributed by atoms with Gasteiger partial charge in [0.05, 0.1) is 12.7 Å². The van der Waals surface area contributed by atoms with E-state index < -0.39 is 0 Å². The van der Waals surface area contributed by atoms with Crippen LogP contribution in [-0.2, 0) is 17.8 Å². The van der Waals surface area contributed by atoms with E-state index in [2.05, 4.69) is 43.4 Å². The van der Waals surface area contributed by atoms with Crippen molar-refractivity contribution in [3.05, 3.63) is 35.4 Å². The van der Waals surface area contributed by atoms with Gasteiger partial charge in [-0.1, -0.05) is 38.1 Å². The van der Waals surface area contributed by atoms with Crippen molar-refractivity contribution in [3.8, 4) is 0 Å². The Balaban J connectivity index is 1.65. The topological polar surface area (TPSA) is 21.3 Å². The monoisotopic (exact) mass is 261 g/mol. The van der Waals surface area contributed by atoms with Crippen LogP contribution in [-0.4, -0.2) is 19.2 Å². The minimum Gasteiger partial charge on any atom is -0.374 e. The van der Waals surface area contributed by atoms with Crippen LogP contribution in [0.4, 0.5) is 0 Å². The van der Waals surface area contributed by atoms with E-state index in [0.717, 1.165) is 32.0 Å². The largest absolute Gasteiger partial charge is 0.374 e. The quantitative estimate of drug-likeness (QED) is 0.723. The molecule has 0 amide bonds. The summed E-state index contributed by atoms with van der Waals surface area (Å²) < 4.78 is 5.82. The highest BCUT2D eigenvalue weighted by Gasteiger charge is 2.17. The molecule has 1 fully saturated rings. The first kappa shape index (κ1) is 14.5. The molecule has 106 valence electrons. The summed E-state index contributed by atoms with van der Waals surface area (Å²) >= 11 is 0. The maximum absolute atomic E-state index is 5.82. The lowest BCUT2D eigenvalue weighted by Crippen LogP contribution is -2.22. The molecule has 1 saturated carbocycles. The summed E-state index contributed by atoms with van der Waals surface area (Å²) in [7, 11) is 0. The second-order valence-corrected chi connectivity index (χ2v) is 6.03. The molecule has 2 rings (SSSR count). The molecule has 0 aliphatic heterocycles. The lowest BCUT2D eigenvalue weighted by Gasteiger charge is -2.25. The fourth-order valence-corrected chi connectivity index (χ4v) is 2.18. The summed E-state index contributed by atoms with van der Waals surface area (Å²) in [6.07, 6.45) is 5.47. The van der Waals surface area contributed by atoms with Crippen molar-refractivity contribution in [1.29, 1.82) is 0 Å². The van der Waals surface area contributed by atoms with Crippen LogP contribution in [0, 0.1) is 5.92 Å². The standard InChI is InChI=1S/C17H27NO/c1-14(2)12-18-11-10-15-6-8-16(9-7-15)13-19-17-4-3-5-17/h6-9,14,17-18H,3-5,10-13H2,1-2H3. The first-order valence-electron chi connectivity index (χ1n) is 7.64. The molecule has 1 aliphatic carbocycles. The van der Waals surface area contributed by atoms with Gasteiger partial charge in [0, 0.05) is 0 Å². The van der Waals surface area contributed by atoms with Crippen molar-refractivity contribution >= 4 is 0 Å². The van der Waals surface area contributed by atoms with E-state index in [9.17, 15) is 0 Å². The van der Waals surface area contributed by atoms with E-state index in [1.807, 2.05) is 0 Å². The summed E-state index contributed by atoms with van der Waals surface area (Å²) in [5.41, 5.74) is 2.70. The maximum Gasteiger partial charge on any atom is 0.0720 e. The number of ether oxygens (including phenoxy) is 1. The van der Waals surface area contributed by atoms with Crippen LogP contribution in [0.2, 0.25) is 0 Å². The van der Waals surface area contributed by atoms with Gasteiger partial charge in [0.1, 0.15) is 0 Å². The Kier molecular flexibility index (Phi) is 5.87. The Bertz CT molecular complexity index is 354. The van der Waals surface area contributed by atoms with Crippen LogP contribution in [0.5, 0.6) is 0 Å². The zero-order valence-corrected chi connectivity index (χ0v) is 12.3. The van der Waals surface area contributed by atoms with Gasteiger partial charge in [-0.05, 0) is 55.8 Å². The molecule has 0 aromatic heterocycles. The van der Waals surface area contributed by atoms with E-state index in [4.69, 9.17) is 4.74 Å². The molecule has 1 aromatic rings. The molecule has 0 heterocycles. The number of rotatable bonds is 8. The van der Waals surface area contributed by atoms with Crippen LogP contribution in [0.3, 0.4) is 0 Å². The zero-order valence-electron chi connectivity index (χ0n) is 12.3. The van der Waals surface area contributed by atoms with Gasteiger partial charge in [-0.15, -0.1) is 0 Å². The van der Waals surface area contributed by atoms with Crippen molar-refractivity contribution in [2.75, 3.05) is 13.1 Å². The van der Waals surface area contributed by atoms with E-state index in [1.165, 1.54) is 30.4 Å². The molecule has 0 atom stereocenters. The van der Waals surface area contributed by atoms with Gasteiger partial charge in [0.2, 0.25) is 0 Å². The van der Waals surface area contributed by atoms with E-state index in [1.54, 1.807) is 0 Å². The summed E-state index contributed by atoms with van der Waals surface area (Å²) in [5, 5.41) is 3.48. The Morgan fingerprint density at radius 1 is 1.16 bits per heavy atom. The predicted molar refractivity (Wildman–Crippen MR) is 80.3 cm³/mol. The fourth-order valence-electron chi connectivity index (χ4n) is 2.18. The summed E-state index contributed by atoms with van der Waals surface area (Å²) in [5.74, 6) is 0.728. The third-order valence-corrected chi connectivity index (χ3v) is 3.70. The molecule has 1 aliphatic rings. The van der Waals surface area contributed by atoms with Gasteiger partial charge in [0.15, 0.2) is 0 Å². The van der Waals surface area contributed by atoms with Gasteiger partial charge >= 0.3 is 0 Å². The molecule has 0 radical (unpaired) electrons. The Morgan fingerprint density at radius 3 is 2.42 bits per heavy atom. The SMILES string of the molecule is CC(C)CNCCc1ccc(COC2CCC2)cc1. The van der Waals surface area contributed by atoms with Crippen LogP contribution >= 0.6 is 0 Å². The van der Waals surface area contributed by atoms with Gasteiger partial charge < -0.3 is 10.1 Å². The Labute approximate surface area is 117 Å². The van der Waals surface area contributed by atoms with Crippen LogP contribution < -0.4 is 5.32 Å². The molecular formula is C17H27NO. The number of hydrogen-bond acceptors (Lipinski definition) is 2. The van der Waals surface area contributed by atoms with Crippen molar-refractivity contribution in [2.24, 2.45) is 5.92 Å². The van der Waals surface area contributed by atoms with Gasteiger partial charge in [-0.3, -0.25) is 0 Å².